The van der Waals surface area contributed by atoms with Crippen molar-refractivity contribution in [1.29, 1.82) is 0 Å². The van der Waals surface area contributed by atoms with Crippen LogP contribution in [0, 0.1) is 0 Å². The van der Waals surface area contributed by atoms with Gasteiger partial charge in [0.25, 0.3) is 0 Å². The van der Waals surface area contributed by atoms with Gasteiger partial charge >= 0.3 is 0 Å². The van der Waals surface area contributed by atoms with Crippen molar-refractivity contribution in [3.05, 3.63) is 58.8 Å². The van der Waals surface area contributed by atoms with Crippen molar-refractivity contribution in [3.63, 3.8) is 0 Å². The fourth-order valence-corrected chi connectivity index (χ4v) is 5.23. The molecule has 3 aliphatic heterocycles. The van der Waals surface area contributed by atoms with E-state index < -0.39 is 0 Å². The molecule has 0 spiro atoms. The van der Waals surface area contributed by atoms with Crippen LogP contribution in [0.4, 0.5) is 0 Å². The molecule has 4 heteroatoms. The lowest BCUT2D eigenvalue weighted by molar-refractivity contribution is 0.102. The lowest BCUT2D eigenvalue weighted by Crippen LogP contribution is -2.42. The lowest BCUT2D eigenvalue weighted by atomic mass is 9.82. The Morgan fingerprint density at radius 3 is 2.88 bits per heavy atom. The quantitative estimate of drug-likeness (QED) is 0.705. The van der Waals surface area contributed by atoms with E-state index in [4.69, 9.17) is 9.47 Å². The van der Waals surface area contributed by atoms with Gasteiger partial charge in [-0.05, 0) is 54.2 Å². The minimum absolute atomic E-state index is 0.344. The zero-order valence-corrected chi connectivity index (χ0v) is 14.9. The van der Waals surface area contributed by atoms with Gasteiger partial charge in [0.15, 0.2) is 11.5 Å². The summed E-state index contributed by atoms with van der Waals surface area (Å²) in [4.78, 5) is 6.43. The Bertz CT molecular complexity index is 1020. The average Bonchev–Trinajstić information content (AvgIpc) is 3.28. The van der Waals surface area contributed by atoms with Gasteiger partial charge in [-0.2, -0.15) is 0 Å². The molecule has 2 atom stereocenters. The molecule has 2 aromatic carbocycles. The number of hydrogen-bond donors (Lipinski definition) is 1. The van der Waals surface area contributed by atoms with E-state index in [-0.39, 0.29) is 0 Å². The summed E-state index contributed by atoms with van der Waals surface area (Å²) in [6.45, 7) is 3.75. The van der Waals surface area contributed by atoms with Crippen molar-refractivity contribution in [2.45, 2.75) is 38.3 Å². The second-order valence-corrected chi connectivity index (χ2v) is 7.60. The number of aromatic nitrogens is 1. The first kappa shape index (κ1) is 14.7. The predicted octanol–water partition coefficient (Wildman–Crippen LogP) is 4.50. The predicted molar refractivity (Wildman–Crippen MR) is 101 cm³/mol. The van der Waals surface area contributed by atoms with Crippen molar-refractivity contribution in [2.24, 2.45) is 0 Å². The summed E-state index contributed by atoms with van der Waals surface area (Å²) < 4.78 is 11.3. The van der Waals surface area contributed by atoms with E-state index in [1.807, 2.05) is 0 Å². The maximum atomic E-state index is 5.68. The second kappa shape index (κ2) is 5.27. The van der Waals surface area contributed by atoms with Crippen LogP contribution in [-0.4, -0.2) is 23.2 Å². The molecule has 3 aromatic rings. The molecular formula is C22H22N2O2. The van der Waals surface area contributed by atoms with E-state index in [2.05, 4.69) is 53.2 Å². The van der Waals surface area contributed by atoms with Crippen LogP contribution in [0.2, 0.25) is 0 Å². The van der Waals surface area contributed by atoms with E-state index in [9.17, 15) is 0 Å². The summed E-state index contributed by atoms with van der Waals surface area (Å²) in [5.41, 5.74) is 7.04. The first-order chi connectivity index (χ1) is 12.8. The molecule has 0 aliphatic carbocycles. The van der Waals surface area contributed by atoms with Gasteiger partial charge in [-0.3, -0.25) is 4.90 Å². The average molecular weight is 346 g/mol. The molecule has 0 radical (unpaired) electrons. The molecule has 0 fully saturated rings. The molecule has 1 unspecified atom stereocenters. The third-order valence-electron chi connectivity index (χ3n) is 6.40. The van der Waals surface area contributed by atoms with E-state index in [1.54, 1.807) is 0 Å². The zero-order valence-electron chi connectivity index (χ0n) is 14.9. The van der Waals surface area contributed by atoms with Crippen molar-refractivity contribution in [3.8, 4) is 11.5 Å². The van der Waals surface area contributed by atoms with Gasteiger partial charge < -0.3 is 14.5 Å². The summed E-state index contributed by atoms with van der Waals surface area (Å²) in [6.07, 6.45) is 3.26. The Hall–Kier alpha value is -2.46. The first-order valence-electron chi connectivity index (χ1n) is 9.61. The minimum Gasteiger partial charge on any atom is -0.454 e. The Morgan fingerprint density at radius 2 is 2.00 bits per heavy atom. The van der Waals surface area contributed by atoms with Crippen molar-refractivity contribution >= 4 is 10.9 Å². The van der Waals surface area contributed by atoms with Gasteiger partial charge in [0.1, 0.15) is 0 Å². The number of H-pyrrole nitrogens is 1. The van der Waals surface area contributed by atoms with E-state index in [0.717, 1.165) is 37.3 Å². The molecule has 3 aliphatic rings. The number of benzene rings is 2. The SMILES string of the molecule is CC[C@H]1c2[nH]c3ccccc3c2CC2c3cc4c(cc3CCN21)OCO4. The van der Waals surface area contributed by atoms with Crippen molar-refractivity contribution in [2.75, 3.05) is 13.3 Å². The molecule has 1 aromatic heterocycles. The number of rotatable bonds is 1. The molecule has 26 heavy (non-hydrogen) atoms. The molecule has 6 rings (SSSR count). The molecule has 4 heterocycles. The lowest BCUT2D eigenvalue weighted by Gasteiger charge is -2.45. The van der Waals surface area contributed by atoms with Crippen LogP contribution in [0.5, 0.6) is 11.5 Å². The molecule has 0 saturated heterocycles. The molecule has 1 N–H and O–H groups in total. The van der Waals surface area contributed by atoms with Gasteiger partial charge in [-0.1, -0.05) is 25.1 Å². The fourth-order valence-electron chi connectivity index (χ4n) is 5.23. The van der Waals surface area contributed by atoms with Gasteiger partial charge in [0.05, 0.1) is 6.04 Å². The van der Waals surface area contributed by atoms with E-state index in [0.29, 0.717) is 18.9 Å². The molecule has 0 bridgehead atoms. The monoisotopic (exact) mass is 346 g/mol. The zero-order chi connectivity index (χ0) is 17.3. The fraction of sp³-hybridized carbons (Fsp3) is 0.364. The number of fused-ring (bicyclic) bond motifs is 7. The highest BCUT2D eigenvalue weighted by molar-refractivity contribution is 5.85. The normalized spacial score (nSPS) is 23.6. The summed E-state index contributed by atoms with van der Waals surface area (Å²) in [7, 11) is 0. The Balaban J connectivity index is 1.53. The van der Waals surface area contributed by atoms with Crippen molar-refractivity contribution in [1.82, 2.24) is 9.88 Å². The largest absolute Gasteiger partial charge is 0.454 e. The summed E-state index contributed by atoms with van der Waals surface area (Å²) >= 11 is 0. The molecule has 4 nitrogen and oxygen atoms in total. The van der Waals surface area contributed by atoms with Crippen LogP contribution >= 0.6 is 0 Å². The van der Waals surface area contributed by atoms with Crippen LogP contribution in [0.1, 0.15) is 47.8 Å². The van der Waals surface area contributed by atoms with Crippen LogP contribution in [-0.2, 0) is 12.8 Å². The summed E-state index contributed by atoms with van der Waals surface area (Å²) in [6, 6.07) is 14.0. The van der Waals surface area contributed by atoms with E-state index >= 15 is 0 Å². The highest BCUT2D eigenvalue weighted by Gasteiger charge is 2.40. The highest BCUT2D eigenvalue weighted by atomic mass is 16.7. The topological polar surface area (TPSA) is 37.5 Å². The van der Waals surface area contributed by atoms with Crippen molar-refractivity contribution < 1.29 is 9.47 Å². The van der Waals surface area contributed by atoms with Crippen LogP contribution < -0.4 is 9.47 Å². The van der Waals surface area contributed by atoms with Crippen LogP contribution in [0.15, 0.2) is 36.4 Å². The smallest absolute Gasteiger partial charge is 0.231 e. The summed E-state index contributed by atoms with van der Waals surface area (Å²) in [5.74, 6) is 1.82. The van der Waals surface area contributed by atoms with Gasteiger partial charge in [-0.15, -0.1) is 0 Å². The third kappa shape index (κ3) is 1.88. The standard InChI is InChI=1S/C22H22N2O2/c1-2-18-22-16(14-5-3-4-6-17(14)23-22)10-19-15-11-21-20(25-12-26-21)9-13(15)7-8-24(18)19/h3-6,9,11,18-19,23H,2,7-8,10,12H2,1H3/t18-,19?/m0/s1. The molecule has 132 valence electrons. The Morgan fingerprint density at radius 1 is 1.15 bits per heavy atom. The van der Waals surface area contributed by atoms with Crippen LogP contribution in [0.3, 0.4) is 0 Å². The Kier molecular flexibility index (Phi) is 2.98. The maximum Gasteiger partial charge on any atom is 0.231 e. The minimum atomic E-state index is 0.344. The number of para-hydroxylation sites is 1. The molecule has 0 saturated carbocycles. The van der Waals surface area contributed by atoms with Gasteiger partial charge in [0, 0.05) is 29.2 Å². The highest BCUT2D eigenvalue weighted by Crippen LogP contribution is 2.49. The molecule has 0 amide bonds. The Labute approximate surface area is 152 Å². The third-order valence-corrected chi connectivity index (χ3v) is 6.40. The maximum absolute atomic E-state index is 5.68. The van der Waals surface area contributed by atoms with Gasteiger partial charge in [0.2, 0.25) is 6.79 Å². The first-order valence-corrected chi connectivity index (χ1v) is 9.61. The number of ether oxygens (including phenoxy) is 2. The number of hydrogen-bond acceptors (Lipinski definition) is 3. The van der Waals surface area contributed by atoms with Crippen LogP contribution in [0.25, 0.3) is 10.9 Å². The number of nitrogens with zero attached hydrogens (tertiary/aromatic N) is 1. The second-order valence-electron chi connectivity index (χ2n) is 7.60. The number of nitrogens with one attached hydrogen (secondary N) is 1. The van der Waals surface area contributed by atoms with Gasteiger partial charge in [-0.25, -0.2) is 0 Å². The van der Waals surface area contributed by atoms with E-state index in [1.165, 1.54) is 33.3 Å². The molecular weight excluding hydrogens is 324 g/mol. The number of aromatic amines is 1. The summed E-state index contributed by atoms with van der Waals surface area (Å²) in [5, 5.41) is 1.38.